The van der Waals surface area contributed by atoms with Crippen molar-refractivity contribution in [3.8, 4) is 0 Å². The predicted molar refractivity (Wildman–Crippen MR) is 384 cm³/mol. The van der Waals surface area contributed by atoms with Crippen molar-refractivity contribution in [2.24, 2.45) is 0 Å². The molecule has 1 aromatic heterocycles. The molecule has 0 atom stereocenters. The normalized spacial score (nSPS) is 10.2. The van der Waals surface area contributed by atoms with Crippen LogP contribution in [0.5, 0.6) is 0 Å². The van der Waals surface area contributed by atoms with Gasteiger partial charge in [0.25, 0.3) is 0 Å². The first kappa shape index (κ1) is 67.5. The molecule has 87 heavy (non-hydrogen) atoms. The minimum absolute atomic E-state index is 0. The number of halogens is 3. The predicted octanol–water partition coefficient (Wildman–Crippen LogP) is 16.8. The fourth-order valence-electron chi connectivity index (χ4n) is 9.08. The van der Waals surface area contributed by atoms with Crippen molar-refractivity contribution < 1.29 is 20.4 Å². The van der Waals surface area contributed by atoms with Crippen LogP contribution in [0.15, 0.2) is 370 Å². The van der Waals surface area contributed by atoms with E-state index in [0.717, 1.165) is 0 Å². The van der Waals surface area contributed by atoms with E-state index in [4.69, 9.17) is 34.8 Å². The first-order valence-corrected chi connectivity index (χ1v) is 34.2. The Morgan fingerprint density at radius 2 is 0.287 bits per heavy atom. The number of aromatic nitrogens is 2. The van der Waals surface area contributed by atoms with E-state index in [1.165, 1.54) is 69.7 Å². The summed E-state index contributed by atoms with van der Waals surface area (Å²) >= 11 is 16.2. The number of rotatable bonds is 12. The summed E-state index contributed by atoms with van der Waals surface area (Å²) in [6, 6.07) is 131. The molecule has 10 heteroatoms. The molecule has 0 fully saturated rings. The van der Waals surface area contributed by atoms with Crippen LogP contribution >= 0.6 is 66.5 Å². The molecule has 0 bridgehead atoms. The maximum absolute atomic E-state index is 5.43. The van der Waals surface area contributed by atoms with Gasteiger partial charge in [-0.15, -0.1) is 0 Å². The molecule has 0 radical (unpaired) electrons. The zero-order valence-electron chi connectivity index (χ0n) is 46.9. The van der Waals surface area contributed by atoms with Crippen LogP contribution in [0, 0.1) is 0 Å². The zero-order valence-corrected chi connectivity index (χ0v) is 54.3. The first-order valence-electron chi connectivity index (χ1n) is 27.7. The molecular formula is C77H65Cl3N2P4Pd. The fourth-order valence-corrected chi connectivity index (χ4v) is 19.0. The minimum Gasteiger partial charge on any atom is -0.206 e. The molecular weight excluding hydrogens is 1290 g/mol. The number of hydrogen-bond acceptors (Lipinski definition) is 2. The Bertz CT molecular complexity index is 3010. The van der Waals surface area contributed by atoms with Crippen LogP contribution in [0.1, 0.15) is 7.43 Å². The molecule has 0 aliphatic carbocycles. The van der Waals surface area contributed by atoms with Gasteiger partial charge in [0.2, 0.25) is 5.28 Å². The molecule has 0 aliphatic heterocycles. The van der Waals surface area contributed by atoms with Gasteiger partial charge in [-0.2, -0.15) is 0 Å². The largest absolute Gasteiger partial charge is 0.225 e. The second-order valence-electron chi connectivity index (χ2n) is 18.7. The molecule has 13 aromatic rings. The van der Waals surface area contributed by atoms with Crippen molar-refractivity contribution in [1.82, 2.24) is 9.97 Å². The standard InChI is InChI=1S/4C18H15P.C4HCl3N2.CH4.Pd/c4*1-4-10-16(11-5-1)19(17-12-6-2-7-13-17)18-14-8-3-9-15-18;5-2-1-3(6)9-4(7)8-2;;/h4*1-15H;1H;1H4;. The maximum atomic E-state index is 5.43. The monoisotopic (exact) mass is 1350 g/mol. The van der Waals surface area contributed by atoms with Gasteiger partial charge in [-0.25, -0.2) is 9.97 Å². The van der Waals surface area contributed by atoms with Gasteiger partial charge in [0.15, 0.2) is 0 Å². The Hall–Kier alpha value is -7.03. The fraction of sp³-hybridized carbons (Fsp3) is 0.0130. The number of benzene rings is 12. The minimum atomic E-state index is -0.446. The summed E-state index contributed by atoms with van der Waals surface area (Å²) in [6.07, 6.45) is 0. The SMILES string of the molecule is C.Clc1cc(Cl)nc(Cl)n1.[Pd].c1ccc(P(c2ccccc2)c2ccccc2)cc1.c1ccc(P(c2ccccc2)c2ccccc2)cc1.c1ccc(P(c2ccccc2)c2ccccc2)cc1.c1ccc(P(c2ccccc2)c2ccccc2)cc1. The van der Waals surface area contributed by atoms with Crippen LogP contribution in [-0.2, 0) is 20.4 Å². The second-order valence-corrected chi connectivity index (χ2v) is 28.6. The molecule has 0 saturated carbocycles. The average molecular weight is 1360 g/mol. The van der Waals surface area contributed by atoms with Crippen LogP contribution < -0.4 is 63.7 Å². The summed E-state index contributed by atoms with van der Waals surface area (Å²) in [6.45, 7) is 0. The average Bonchev–Trinajstić information content (AvgIpc) is 3.68. The number of nitrogens with zero attached hydrogens (tertiary/aromatic N) is 2. The van der Waals surface area contributed by atoms with Gasteiger partial charge in [-0.3, -0.25) is 0 Å². The molecule has 0 aliphatic rings. The van der Waals surface area contributed by atoms with Gasteiger partial charge in [-0.1, -0.05) is 395 Å². The Morgan fingerprint density at radius 1 is 0.184 bits per heavy atom. The van der Waals surface area contributed by atoms with Gasteiger partial charge in [-0.05, 0) is 107 Å². The van der Waals surface area contributed by atoms with E-state index < -0.39 is 31.7 Å². The molecule has 0 saturated heterocycles. The smallest absolute Gasteiger partial charge is 0.206 e. The Labute approximate surface area is 549 Å². The third-order valence-electron chi connectivity index (χ3n) is 12.8. The van der Waals surface area contributed by atoms with Gasteiger partial charge < -0.3 is 0 Å². The molecule has 0 N–H and O–H groups in total. The van der Waals surface area contributed by atoms with Crippen LogP contribution in [0.4, 0.5) is 0 Å². The van der Waals surface area contributed by atoms with Gasteiger partial charge in [0, 0.05) is 26.5 Å². The summed E-state index contributed by atoms with van der Waals surface area (Å²) in [5.74, 6) is 0. The van der Waals surface area contributed by atoms with E-state index in [2.05, 4.69) is 374 Å². The molecule has 2 nitrogen and oxygen atoms in total. The van der Waals surface area contributed by atoms with Crippen LogP contribution in [0.25, 0.3) is 0 Å². The van der Waals surface area contributed by atoms with E-state index in [-0.39, 0.29) is 43.4 Å². The molecule has 0 spiro atoms. The van der Waals surface area contributed by atoms with E-state index in [1.807, 2.05) is 0 Å². The topological polar surface area (TPSA) is 25.8 Å². The van der Waals surface area contributed by atoms with Crippen molar-refractivity contribution in [3.05, 3.63) is 386 Å². The summed E-state index contributed by atoms with van der Waals surface area (Å²) in [5, 5.41) is 17.3. The van der Waals surface area contributed by atoms with Crippen molar-refractivity contribution in [1.29, 1.82) is 0 Å². The van der Waals surface area contributed by atoms with Crippen LogP contribution in [-0.4, -0.2) is 9.97 Å². The third kappa shape index (κ3) is 21.1. The Balaban J connectivity index is 0.000000157. The summed E-state index contributed by atoms with van der Waals surface area (Å²) in [7, 11) is -1.78. The van der Waals surface area contributed by atoms with Crippen molar-refractivity contribution in [2.45, 2.75) is 7.43 Å². The quantitative estimate of drug-likeness (QED) is 0.0527. The third-order valence-corrected chi connectivity index (χ3v) is 23.1. The van der Waals surface area contributed by atoms with Crippen molar-refractivity contribution in [2.75, 3.05) is 0 Å². The molecule has 0 amide bonds. The van der Waals surface area contributed by atoms with E-state index in [0.29, 0.717) is 0 Å². The van der Waals surface area contributed by atoms with Crippen LogP contribution in [0.2, 0.25) is 15.6 Å². The molecule has 13 rings (SSSR count). The summed E-state index contributed by atoms with van der Waals surface area (Å²) in [5.41, 5.74) is 0. The van der Waals surface area contributed by atoms with Gasteiger partial charge in [0.1, 0.15) is 10.3 Å². The summed E-state index contributed by atoms with van der Waals surface area (Å²) in [4.78, 5) is 7.14. The molecule has 12 aromatic carbocycles. The Kier molecular flexibility index (Phi) is 29.2. The van der Waals surface area contributed by atoms with Gasteiger partial charge >= 0.3 is 0 Å². The van der Waals surface area contributed by atoms with Crippen LogP contribution in [0.3, 0.4) is 0 Å². The molecule has 0 unspecified atom stereocenters. The molecule has 1 heterocycles. The first-order chi connectivity index (χ1) is 42.0. The Morgan fingerprint density at radius 3 is 0.379 bits per heavy atom. The van der Waals surface area contributed by atoms with E-state index in [9.17, 15) is 0 Å². The van der Waals surface area contributed by atoms with Crippen molar-refractivity contribution in [3.63, 3.8) is 0 Å². The van der Waals surface area contributed by atoms with Crippen molar-refractivity contribution >= 4 is 130 Å². The zero-order chi connectivity index (χ0) is 58.5. The van der Waals surface area contributed by atoms with E-state index >= 15 is 0 Å². The second kappa shape index (κ2) is 37.6. The molecule has 434 valence electrons. The number of hydrogen-bond donors (Lipinski definition) is 0. The van der Waals surface area contributed by atoms with E-state index in [1.54, 1.807) is 0 Å². The maximum Gasteiger partial charge on any atom is 0.225 e. The summed E-state index contributed by atoms with van der Waals surface area (Å²) < 4.78 is 0. The van der Waals surface area contributed by atoms with Gasteiger partial charge in [0.05, 0.1) is 0 Å².